The number of hydrogen-bond donors (Lipinski definition) is 2. The van der Waals surface area contributed by atoms with Crippen LogP contribution in [0.4, 0.5) is 0 Å². The molecule has 2 aromatic heterocycles. The Bertz CT molecular complexity index is 878. The summed E-state index contributed by atoms with van der Waals surface area (Å²) in [5.41, 5.74) is 2.60. The summed E-state index contributed by atoms with van der Waals surface area (Å²) in [7, 11) is 0. The molecule has 0 radical (unpaired) electrons. The molecule has 0 fully saturated rings. The molecule has 86 valence electrons. The molecule has 18 heavy (non-hydrogen) atoms. The van der Waals surface area contributed by atoms with Crippen molar-refractivity contribution in [2.24, 2.45) is 0 Å². The van der Waals surface area contributed by atoms with Crippen molar-refractivity contribution in [3.05, 3.63) is 34.3 Å². The van der Waals surface area contributed by atoms with E-state index >= 15 is 0 Å². The van der Waals surface area contributed by atoms with Crippen molar-refractivity contribution in [2.45, 2.75) is 0 Å². The maximum atomic E-state index is 9.03. The van der Waals surface area contributed by atoms with E-state index in [1.54, 1.807) is 6.07 Å². The van der Waals surface area contributed by atoms with Gasteiger partial charge in [0.15, 0.2) is 5.82 Å². The van der Waals surface area contributed by atoms with Gasteiger partial charge in [-0.3, -0.25) is 5.10 Å². The molecule has 0 amide bonds. The van der Waals surface area contributed by atoms with Gasteiger partial charge in [0, 0.05) is 5.22 Å². The lowest BCUT2D eigenvalue weighted by atomic mass is 10.2. The molecule has 0 spiro atoms. The van der Waals surface area contributed by atoms with Gasteiger partial charge in [-0.15, -0.1) is 0 Å². The highest BCUT2D eigenvalue weighted by Gasteiger charge is 2.11. The number of fused-ring (bicyclic) bond motifs is 1. The molecule has 0 aliphatic rings. The molecule has 2 heterocycles. The fraction of sp³-hybridized carbons (Fsp3) is 0. The van der Waals surface area contributed by atoms with E-state index < -0.39 is 0 Å². The summed E-state index contributed by atoms with van der Waals surface area (Å²) in [6.07, 6.45) is 0. The molecule has 1 aromatic carbocycles. The second-order valence-electron chi connectivity index (χ2n) is 3.93. The lowest BCUT2D eigenvalue weighted by Gasteiger charge is -1.87. The van der Waals surface area contributed by atoms with Crippen LogP contribution in [0.25, 0.3) is 35.7 Å². The summed E-state index contributed by atoms with van der Waals surface area (Å²) in [5, 5.41) is 17.3. The predicted octanol–water partition coefficient (Wildman–Crippen LogP) is 0.645. The highest BCUT2D eigenvalue weighted by molar-refractivity contribution is 5.84. The lowest BCUT2D eigenvalue weighted by molar-refractivity contribution is 1.06. The number of rotatable bonds is 1. The van der Waals surface area contributed by atoms with Gasteiger partial charge in [0.2, 0.25) is 0 Å². The minimum absolute atomic E-state index is 0.533. The number of para-hydroxylation sites is 1. The maximum Gasteiger partial charge on any atom is 0.159 e. The lowest BCUT2D eigenvalue weighted by Crippen LogP contribution is -2.19. The summed E-state index contributed by atoms with van der Waals surface area (Å²) < 4.78 is 0. The van der Waals surface area contributed by atoms with Gasteiger partial charge in [-0.25, -0.2) is 4.98 Å². The summed E-state index contributed by atoms with van der Waals surface area (Å²) in [6.45, 7) is 7.67. The fourth-order valence-corrected chi connectivity index (χ4v) is 1.83. The molecule has 0 atom stereocenters. The van der Waals surface area contributed by atoms with Crippen LogP contribution in [0.3, 0.4) is 0 Å². The van der Waals surface area contributed by atoms with Crippen LogP contribution in [0.15, 0.2) is 18.2 Å². The monoisotopic (exact) mass is 235 g/mol. The van der Waals surface area contributed by atoms with Gasteiger partial charge < -0.3 is 4.98 Å². The second kappa shape index (κ2) is 3.57. The maximum absolute atomic E-state index is 9.03. The molecule has 3 aromatic rings. The number of imidazole rings is 1. The van der Waals surface area contributed by atoms with E-state index in [1.165, 1.54) is 0 Å². The zero-order chi connectivity index (χ0) is 12.7. The Morgan fingerprint density at radius 2 is 2.11 bits per heavy atom. The Morgan fingerprint density at radius 1 is 1.28 bits per heavy atom. The smallest absolute Gasteiger partial charge is 0.159 e. The van der Waals surface area contributed by atoms with Gasteiger partial charge in [0.05, 0.1) is 16.4 Å². The van der Waals surface area contributed by atoms with E-state index in [1.807, 2.05) is 12.1 Å². The van der Waals surface area contributed by atoms with Crippen LogP contribution in [0.1, 0.15) is 5.56 Å². The average Bonchev–Trinajstić information content (AvgIpc) is 2.94. The van der Waals surface area contributed by atoms with E-state index in [-0.39, 0.29) is 0 Å². The molecule has 2 N–H and O–H groups in total. The highest BCUT2D eigenvalue weighted by Crippen LogP contribution is 2.19. The third-order valence-corrected chi connectivity index (χ3v) is 2.81. The number of nitrogens with zero attached hydrogens (tertiary/aromatic N) is 3. The fourth-order valence-electron chi connectivity index (χ4n) is 1.83. The van der Waals surface area contributed by atoms with E-state index in [0.29, 0.717) is 33.2 Å². The molecule has 0 saturated heterocycles. The molecular weight excluding hydrogens is 226 g/mol. The van der Waals surface area contributed by atoms with Gasteiger partial charge in [-0.05, 0) is 12.1 Å². The van der Waals surface area contributed by atoms with Gasteiger partial charge in [0.1, 0.15) is 17.3 Å². The average molecular weight is 235 g/mol. The third-order valence-electron chi connectivity index (χ3n) is 2.81. The third kappa shape index (κ3) is 1.33. The first-order chi connectivity index (χ1) is 8.70. The van der Waals surface area contributed by atoms with Gasteiger partial charge in [0.25, 0.3) is 0 Å². The Labute approximate surface area is 102 Å². The SMILES string of the molecule is C=c1[nH]nc(-c2nc3c(C#N)cccc3[nH]2)c1=C. The van der Waals surface area contributed by atoms with E-state index in [4.69, 9.17) is 5.26 Å². The van der Waals surface area contributed by atoms with Crippen LogP contribution in [0.5, 0.6) is 0 Å². The first-order valence-electron chi connectivity index (χ1n) is 5.32. The Balaban J connectivity index is 2.33. The van der Waals surface area contributed by atoms with Crippen LogP contribution < -0.4 is 10.6 Å². The number of benzene rings is 1. The second-order valence-corrected chi connectivity index (χ2v) is 3.93. The molecule has 0 aliphatic carbocycles. The summed E-state index contributed by atoms with van der Waals surface area (Å²) in [5.74, 6) is 0.587. The van der Waals surface area contributed by atoms with Gasteiger partial charge in [-0.1, -0.05) is 19.2 Å². The molecule has 5 heteroatoms. The van der Waals surface area contributed by atoms with E-state index in [9.17, 15) is 0 Å². The van der Waals surface area contributed by atoms with Crippen LogP contribution in [-0.2, 0) is 0 Å². The van der Waals surface area contributed by atoms with E-state index in [0.717, 1.165) is 5.52 Å². The topological polar surface area (TPSA) is 81.2 Å². The zero-order valence-electron chi connectivity index (χ0n) is 9.49. The minimum atomic E-state index is 0.533. The van der Waals surface area contributed by atoms with Crippen molar-refractivity contribution < 1.29 is 0 Å². The minimum Gasteiger partial charge on any atom is -0.337 e. The Kier molecular flexibility index (Phi) is 2.04. The Hall–Kier alpha value is -2.87. The van der Waals surface area contributed by atoms with Crippen molar-refractivity contribution in [2.75, 3.05) is 0 Å². The number of nitriles is 1. The number of aromatic nitrogens is 4. The van der Waals surface area contributed by atoms with Crippen LogP contribution in [0, 0.1) is 11.3 Å². The molecule has 0 aliphatic heterocycles. The molecule has 0 saturated carbocycles. The van der Waals surface area contributed by atoms with Crippen molar-refractivity contribution in [1.82, 2.24) is 20.2 Å². The number of aromatic amines is 2. The van der Waals surface area contributed by atoms with Crippen molar-refractivity contribution in [1.29, 1.82) is 5.26 Å². The standard InChI is InChI=1S/C13H9N5/c1-7-8(2)17-18-11(7)13-15-10-5-3-4-9(6-14)12(10)16-13/h3-5,17H,1-2H2,(H,15,16). The Morgan fingerprint density at radius 3 is 2.78 bits per heavy atom. The first kappa shape index (κ1) is 10.3. The zero-order valence-corrected chi connectivity index (χ0v) is 9.49. The first-order valence-corrected chi connectivity index (χ1v) is 5.32. The number of nitrogens with one attached hydrogen (secondary N) is 2. The molecule has 0 unspecified atom stereocenters. The van der Waals surface area contributed by atoms with Gasteiger partial charge in [-0.2, -0.15) is 10.4 Å². The van der Waals surface area contributed by atoms with Crippen molar-refractivity contribution in [3.8, 4) is 17.6 Å². The van der Waals surface area contributed by atoms with Crippen LogP contribution in [-0.4, -0.2) is 20.2 Å². The molecular formula is C13H9N5. The van der Waals surface area contributed by atoms with Crippen LogP contribution in [0.2, 0.25) is 0 Å². The largest absolute Gasteiger partial charge is 0.337 e. The summed E-state index contributed by atoms with van der Waals surface area (Å²) >= 11 is 0. The molecule has 5 nitrogen and oxygen atoms in total. The predicted molar refractivity (Wildman–Crippen MR) is 68.7 cm³/mol. The van der Waals surface area contributed by atoms with Crippen LogP contribution >= 0.6 is 0 Å². The quantitative estimate of drug-likeness (QED) is 0.649. The molecule has 0 bridgehead atoms. The molecule has 3 rings (SSSR count). The highest BCUT2D eigenvalue weighted by atomic mass is 15.1. The summed E-state index contributed by atoms with van der Waals surface area (Å²) in [4.78, 5) is 7.53. The summed E-state index contributed by atoms with van der Waals surface area (Å²) in [6, 6.07) is 7.53. The van der Waals surface area contributed by atoms with E-state index in [2.05, 4.69) is 39.4 Å². The van der Waals surface area contributed by atoms with Gasteiger partial charge >= 0.3 is 0 Å². The number of H-pyrrole nitrogens is 2. The van der Waals surface area contributed by atoms with Crippen molar-refractivity contribution >= 4 is 24.2 Å². The normalized spacial score (nSPS) is 10.6. The van der Waals surface area contributed by atoms with Crippen molar-refractivity contribution in [3.63, 3.8) is 0 Å². The number of hydrogen-bond acceptors (Lipinski definition) is 3.